The Balaban J connectivity index is 3.08. The van der Waals surface area contributed by atoms with Crippen molar-refractivity contribution in [1.82, 2.24) is 0 Å². The largest absolute Gasteiger partial charge is 0.508 e. The third-order valence-electron chi connectivity index (χ3n) is 2.52. The minimum Gasteiger partial charge on any atom is -0.508 e. The molecule has 15 heavy (non-hydrogen) atoms. The maximum Gasteiger partial charge on any atom is 0.116 e. The molecule has 0 unspecified atom stereocenters. The lowest BCUT2D eigenvalue weighted by atomic mass is 9.93. The molecule has 0 aliphatic carbocycles. The molecule has 0 aliphatic heterocycles. The number of hydrogen-bond donors (Lipinski definition) is 2. The molecule has 0 heterocycles. The average molecular weight is 205 g/mol. The van der Waals surface area contributed by atoms with E-state index in [1.807, 2.05) is 20.8 Å². The second-order valence-electron chi connectivity index (χ2n) is 4.26. The van der Waals surface area contributed by atoms with E-state index in [1.54, 1.807) is 12.1 Å². The molecule has 0 saturated heterocycles. The summed E-state index contributed by atoms with van der Waals surface area (Å²) in [7, 11) is 0. The minimum atomic E-state index is -0.0249. The fourth-order valence-corrected chi connectivity index (χ4v) is 2.01. The van der Waals surface area contributed by atoms with Crippen molar-refractivity contribution >= 4 is 0 Å². The molecule has 1 aromatic rings. The van der Waals surface area contributed by atoms with Gasteiger partial charge in [-0.05, 0) is 56.0 Å². The summed E-state index contributed by atoms with van der Waals surface area (Å²) in [6.45, 7) is 9.79. The van der Waals surface area contributed by atoms with Crippen LogP contribution in [0.5, 0.6) is 5.75 Å². The Kier molecular flexibility index (Phi) is 3.53. The summed E-state index contributed by atoms with van der Waals surface area (Å²) in [6, 6.07) is 3.48. The first kappa shape index (κ1) is 11.8. The van der Waals surface area contributed by atoms with Crippen molar-refractivity contribution in [3.05, 3.63) is 41.0 Å². The van der Waals surface area contributed by atoms with Crippen molar-refractivity contribution in [2.24, 2.45) is 5.73 Å². The van der Waals surface area contributed by atoms with Gasteiger partial charge in [-0.2, -0.15) is 0 Å². The SMILES string of the molecule is C=C(C)C[C@@H](N)c1c(C)cc(O)cc1C. The van der Waals surface area contributed by atoms with E-state index in [9.17, 15) is 5.11 Å². The number of nitrogens with two attached hydrogens (primary N) is 1. The molecule has 0 aliphatic rings. The summed E-state index contributed by atoms with van der Waals surface area (Å²) in [4.78, 5) is 0. The van der Waals surface area contributed by atoms with Crippen LogP contribution in [0.15, 0.2) is 24.3 Å². The van der Waals surface area contributed by atoms with Gasteiger partial charge < -0.3 is 10.8 Å². The Morgan fingerprint density at radius 1 is 1.40 bits per heavy atom. The van der Waals surface area contributed by atoms with E-state index >= 15 is 0 Å². The molecule has 0 aromatic heterocycles. The van der Waals surface area contributed by atoms with Crippen molar-refractivity contribution in [2.75, 3.05) is 0 Å². The van der Waals surface area contributed by atoms with Gasteiger partial charge in [0.2, 0.25) is 0 Å². The molecule has 0 spiro atoms. The monoisotopic (exact) mass is 205 g/mol. The van der Waals surface area contributed by atoms with Gasteiger partial charge in [0, 0.05) is 6.04 Å². The van der Waals surface area contributed by atoms with Crippen molar-refractivity contribution in [3.8, 4) is 5.75 Å². The molecule has 2 heteroatoms. The number of hydrogen-bond acceptors (Lipinski definition) is 2. The second-order valence-corrected chi connectivity index (χ2v) is 4.26. The Morgan fingerprint density at radius 3 is 2.27 bits per heavy atom. The van der Waals surface area contributed by atoms with Crippen LogP contribution in [-0.2, 0) is 0 Å². The number of aromatic hydroxyl groups is 1. The number of phenols is 1. The van der Waals surface area contributed by atoms with Gasteiger partial charge in [0.1, 0.15) is 5.75 Å². The van der Waals surface area contributed by atoms with Gasteiger partial charge in [-0.1, -0.05) is 5.57 Å². The first-order valence-corrected chi connectivity index (χ1v) is 5.12. The summed E-state index contributed by atoms with van der Waals surface area (Å²) in [5.74, 6) is 0.302. The van der Waals surface area contributed by atoms with Crippen molar-refractivity contribution in [3.63, 3.8) is 0 Å². The van der Waals surface area contributed by atoms with Gasteiger partial charge in [0.25, 0.3) is 0 Å². The molecule has 0 radical (unpaired) electrons. The first-order chi connectivity index (χ1) is 6.91. The van der Waals surface area contributed by atoms with Crippen LogP contribution in [0.25, 0.3) is 0 Å². The van der Waals surface area contributed by atoms with Crippen LogP contribution in [-0.4, -0.2) is 5.11 Å². The van der Waals surface area contributed by atoms with Crippen LogP contribution in [0.3, 0.4) is 0 Å². The Bertz CT molecular complexity index is 359. The van der Waals surface area contributed by atoms with Crippen LogP contribution in [0, 0.1) is 13.8 Å². The zero-order valence-corrected chi connectivity index (χ0v) is 9.67. The van der Waals surface area contributed by atoms with E-state index in [4.69, 9.17) is 5.73 Å². The van der Waals surface area contributed by atoms with Gasteiger partial charge in [0.05, 0.1) is 0 Å². The Hall–Kier alpha value is -1.28. The van der Waals surface area contributed by atoms with Gasteiger partial charge in [-0.25, -0.2) is 0 Å². The zero-order valence-electron chi connectivity index (χ0n) is 9.67. The maximum atomic E-state index is 9.42. The molecule has 1 aromatic carbocycles. The van der Waals surface area contributed by atoms with Crippen LogP contribution in [0.2, 0.25) is 0 Å². The summed E-state index contributed by atoms with van der Waals surface area (Å²) in [5.41, 5.74) is 10.4. The topological polar surface area (TPSA) is 46.2 Å². The molecular formula is C13H19NO. The second kappa shape index (κ2) is 4.49. The van der Waals surface area contributed by atoms with E-state index in [1.165, 1.54) is 0 Å². The smallest absolute Gasteiger partial charge is 0.116 e. The highest BCUT2D eigenvalue weighted by atomic mass is 16.3. The lowest BCUT2D eigenvalue weighted by Gasteiger charge is -2.18. The van der Waals surface area contributed by atoms with Crippen LogP contribution >= 0.6 is 0 Å². The minimum absolute atomic E-state index is 0.0249. The molecule has 2 nitrogen and oxygen atoms in total. The molecular weight excluding hydrogens is 186 g/mol. The molecule has 0 amide bonds. The normalized spacial score (nSPS) is 12.5. The highest BCUT2D eigenvalue weighted by Gasteiger charge is 2.12. The standard InChI is InChI=1S/C13H19NO/c1-8(2)5-12(14)13-9(3)6-11(15)7-10(13)4/h6-7,12,15H,1,5,14H2,2-4H3/t12-/m1/s1. The predicted octanol–water partition coefficient (Wildman–Crippen LogP) is 2.98. The third-order valence-corrected chi connectivity index (χ3v) is 2.52. The molecule has 3 N–H and O–H groups in total. The fraction of sp³-hybridized carbons (Fsp3) is 0.385. The summed E-state index contributed by atoms with van der Waals surface area (Å²) < 4.78 is 0. The van der Waals surface area contributed by atoms with Gasteiger partial charge in [-0.15, -0.1) is 6.58 Å². The third kappa shape index (κ3) is 2.83. The van der Waals surface area contributed by atoms with E-state index in [0.29, 0.717) is 5.75 Å². The van der Waals surface area contributed by atoms with Gasteiger partial charge in [-0.3, -0.25) is 0 Å². The van der Waals surface area contributed by atoms with Crippen molar-refractivity contribution in [1.29, 1.82) is 0 Å². The summed E-state index contributed by atoms with van der Waals surface area (Å²) >= 11 is 0. The lowest BCUT2D eigenvalue weighted by Crippen LogP contribution is -2.13. The molecule has 82 valence electrons. The van der Waals surface area contributed by atoms with Crippen LogP contribution in [0.1, 0.15) is 36.1 Å². The number of benzene rings is 1. The van der Waals surface area contributed by atoms with Gasteiger partial charge in [0.15, 0.2) is 0 Å². The van der Waals surface area contributed by atoms with Gasteiger partial charge >= 0.3 is 0 Å². The molecule has 0 saturated carbocycles. The number of rotatable bonds is 3. The first-order valence-electron chi connectivity index (χ1n) is 5.12. The van der Waals surface area contributed by atoms with Crippen LogP contribution < -0.4 is 5.73 Å². The fourth-order valence-electron chi connectivity index (χ4n) is 2.01. The molecule has 0 fully saturated rings. The van der Waals surface area contributed by atoms with Crippen molar-refractivity contribution in [2.45, 2.75) is 33.2 Å². The predicted molar refractivity (Wildman–Crippen MR) is 63.9 cm³/mol. The quantitative estimate of drug-likeness (QED) is 0.745. The van der Waals surface area contributed by atoms with E-state index in [-0.39, 0.29) is 6.04 Å². The summed E-state index contributed by atoms with van der Waals surface area (Å²) in [5, 5.41) is 9.42. The van der Waals surface area contributed by atoms with E-state index in [2.05, 4.69) is 6.58 Å². The Labute approximate surface area is 91.4 Å². The Morgan fingerprint density at radius 2 is 1.87 bits per heavy atom. The van der Waals surface area contributed by atoms with E-state index in [0.717, 1.165) is 28.7 Å². The maximum absolute atomic E-state index is 9.42. The molecule has 0 bridgehead atoms. The van der Waals surface area contributed by atoms with E-state index < -0.39 is 0 Å². The zero-order chi connectivity index (χ0) is 11.6. The lowest BCUT2D eigenvalue weighted by molar-refractivity contribution is 0.473. The number of phenolic OH excluding ortho intramolecular Hbond substituents is 1. The van der Waals surface area contributed by atoms with Crippen molar-refractivity contribution < 1.29 is 5.11 Å². The molecule has 1 rings (SSSR count). The summed E-state index contributed by atoms with van der Waals surface area (Å²) in [6.07, 6.45) is 0.784. The highest BCUT2D eigenvalue weighted by Crippen LogP contribution is 2.27. The highest BCUT2D eigenvalue weighted by molar-refractivity contribution is 5.42. The average Bonchev–Trinajstić information content (AvgIpc) is 1.99. The number of aryl methyl sites for hydroxylation is 2. The van der Waals surface area contributed by atoms with Crippen LogP contribution in [0.4, 0.5) is 0 Å². The molecule has 1 atom stereocenters.